The number of nitrogens with zero attached hydrogens (tertiary/aromatic N) is 1. The largest absolute Gasteiger partial charge is 0.493 e. The average molecular weight is 423 g/mol. The summed E-state index contributed by atoms with van der Waals surface area (Å²) >= 11 is 3.70. The third-order valence-electron chi connectivity index (χ3n) is 4.72. The van der Waals surface area contributed by atoms with Crippen LogP contribution >= 0.6 is 15.9 Å². The Morgan fingerprint density at radius 1 is 1.04 bits per heavy atom. The molecule has 1 N–H and O–H groups in total. The molecule has 0 amide bonds. The van der Waals surface area contributed by atoms with E-state index in [4.69, 9.17) is 9.47 Å². The maximum Gasteiger partial charge on any atom is 0.161 e. The quantitative estimate of drug-likeness (QED) is 0.789. The van der Waals surface area contributed by atoms with Gasteiger partial charge < -0.3 is 14.8 Å². The molecule has 2 aromatic rings. The number of ether oxygens (including phenoxy) is 2. The first-order chi connectivity index (χ1) is 12.6. The van der Waals surface area contributed by atoms with Gasteiger partial charge in [-0.25, -0.2) is 4.39 Å². The van der Waals surface area contributed by atoms with E-state index in [1.54, 1.807) is 14.2 Å². The normalized spacial score (nSPS) is 16.8. The van der Waals surface area contributed by atoms with Crippen molar-refractivity contribution in [1.29, 1.82) is 0 Å². The van der Waals surface area contributed by atoms with Crippen LogP contribution in [0.15, 0.2) is 40.9 Å². The minimum absolute atomic E-state index is 0.00433. The van der Waals surface area contributed by atoms with Gasteiger partial charge in [0.15, 0.2) is 11.5 Å². The molecule has 6 heteroatoms. The number of hydrogen-bond acceptors (Lipinski definition) is 4. The van der Waals surface area contributed by atoms with Gasteiger partial charge in [-0.05, 0) is 48.4 Å². The number of rotatable bonds is 5. The van der Waals surface area contributed by atoms with E-state index in [0.29, 0.717) is 11.5 Å². The van der Waals surface area contributed by atoms with Gasteiger partial charge in [0, 0.05) is 24.1 Å². The molecule has 3 rings (SSSR count). The van der Waals surface area contributed by atoms with E-state index in [1.165, 1.54) is 12.1 Å². The Labute approximate surface area is 162 Å². The molecule has 0 spiro atoms. The Morgan fingerprint density at radius 3 is 2.42 bits per heavy atom. The van der Waals surface area contributed by atoms with E-state index in [1.807, 2.05) is 24.3 Å². The van der Waals surface area contributed by atoms with Crippen molar-refractivity contribution in [2.24, 2.45) is 0 Å². The molecule has 0 aliphatic carbocycles. The van der Waals surface area contributed by atoms with E-state index in [2.05, 4.69) is 26.1 Å². The van der Waals surface area contributed by atoms with Crippen LogP contribution in [-0.4, -0.2) is 45.3 Å². The minimum atomic E-state index is -0.226. The highest BCUT2D eigenvalue weighted by Gasteiger charge is 2.26. The zero-order valence-corrected chi connectivity index (χ0v) is 16.7. The highest BCUT2D eigenvalue weighted by Crippen LogP contribution is 2.40. The molecule has 140 valence electrons. The topological polar surface area (TPSA) is 33.7 Å². The van der Waals surface area contributed by atoms with Crippen LogP contribution in [0.25, 0.3) is 0 Å². The molecule has 2 aromatic carbocycles. The van der Waals surface area contributed by atoms with Crippen LogP contribution in [0.2, 0.25) is 0 Å². The van der Waals surface area contributed by atoms with E-state index < -0.39 is 0 Å². The molecule has 0 saturated carbocycles. The Hall–Kier alpha value is -1.63. The molecule has 1 heterocycles. The van der Waals surface area contributed by atoms with Gasteiger partial charge in [-0.1, -0.05) is 28.1 Å². The molecule has 1 aliphatic heterocycles. The van der Waals surface area contributed by atoms with E-state index in [0.717, 1.165) is 48.2 Å². The van der Waals surface area contributed by atoms with Gasteiger partial charge in [-0.2, -0.15) is 0 Å². The van der Waals surface area contributed by atoms with Gasteiger partial charge in [0.05, 0.1) is 20.3 Å². The Kier molecular flexibility index (Phi) is 6.51. The van der Waals surface area contributed by atoms with Crippen molar-refractivity contribution in [1.82, 2.24) is 10.2 Å². The van der Waals surface area contributed by atoms with Crippen molar-refractivity contribution in [2.75, 3.05) is 40.4 Å². The molecule has 4 nitrogen and oxygen atoms in total. The van der Waals surface area contributed by atoms with E-state index >= 15 is 0 Å². The second-order valence-corrected chi connectivity index (χ2v) is 7.18. The maximum absolute atomic E-state index is 13.5. The van der Waals surface area contributed by atoms with Crippen LogP contribution in [0, 0.1) is 5.82 Å². The van der Waals surface area contributed by atoms with Crippen LogP contribution < -0.4 is 14.8 Å². The lowest BCUT2D eigenvalue weighted by molar-refractivity contribution is 0.239. The fourth-order valence-corrected chi connectivity index (χ4v) is 3.98. The van der Waals surface area contributed by atoms with Gasteiger partial charge in [0.2, 0.25) is 0 Å². The van der Waals surface area contributed by atoms with Gasteiger partial charge in [0.25, 0.3) is 0 Å². The maximum atomic E-state index is 13.5. The average Bonchev–Trinajstić information content (AvgIpc) is 2.93. The van der Waals surface area contributed by atoms with E-state index in [-0.39, 0.29) is 11.9 Å². The van der Waals surface area contributed by atoms with Crippen LogP contribution in [0.4, 0.5) is 4.39 Å². The summed E-state index contributed by atoms with van der Waals surface area (Å²) in [7, 11) is 3.26. The first kappa shape index (κ1) is 19.1. The highest BCUT2D eigenvalue weighted by atomic mass is 79.9. The molecule has 1 aliphatic rings. The lowest BCUT2D eigenvalue weighted by atomic mass is 9.96. The highest BCUT2D eigenvalue weighted by molar-refractivity contribution is 9.10. The third-order valence-corrected chi connectivity index (χ3v) is 5.41. The number of hydrogen-bond donors (Lipinski definition) is 1. The standard InChI is InChI=1S/C20H24BrFN2O2/c1-25-18-12-16(17(21)13-19(18)26-2)20(14-4-6-15(22)7-5-14)24-10-3-8-23-9-11-24/h4-7,12-13,20,23H,3,8-11H2,1-2H3. The Bertz CT molecular complexity index is 731. The smallest absolute Gasteiger partial charge is 0.161 e. The molecule has 1 atom stereocenters. The molecular weight excluding hydrogens is 399 g/mol. The van der Waals surface area contributed by atoms with Crippen LogP contribution in [0.5, 0.6) is 11.5 Å². The lowest BCUT2D eigenvalue weighted by Crippen LogP contribution is -2.33. The molecular formula is C20H24BrFN2O2. The molecule has 0 radical (unpaired) electrons. The molecule has 0 bridgehead atoms. The van der Waals surface area contributed by atoms with Crippen LogP contribution in [-0.2, 0) is 0 Å². The Balaban J connectivity index is 2.09. The molecule has 1 fully saturated rings. The summed E-state index contributed by atoms with van der Waals surface area (Å²) in [4.78, 5) is 2.43. The van der Waals surface area contributed by atoms with E-state index in [9.17, 15) is 4.39 Å². The summed E-state index contributed by atoms with van der Waals surface area (Å²) in [5.74, 6) is 1.14. The fraction of sp³-hybridized carbons (Fsp3) is 0.400. The molecule has 1 unspecified atom stereocenters. The molecule has 0 aromatic heterocycles. The first-order valence-electron chi connectivity index (χ1n) is 8.75. The van der Waals surface area contributed by atoms with Crippen molar-refractivity contribution >= 4 is 15.9 Å². The summed E-state index contributed by atoms with van der Waals surface area (Å²) in [6.45, 7) is 3.83. The lowest BCUT2D eigenvalue weighted by Gasteiger charge is -2.32. The summed E-state index contributed by atoms with van der Waals surface area (Å²) in [5, 5.41) is 3.44. The fourth-order valence-electron chi connectivity index (χ4n) is 3.44. The predicted molar refractivity (Wildman–Crippen MR) is 105 cm³/mol. The zero-order valence-electron chi connectivity index (χ0n) is 15.1. The number of benzene rings is 2. The van der Waals surface area contributed by atoms with Crippen molar-refractivity contribution < 1.29 is 13.9 Å². The third kappa shape index (κ3) is 4.19. The van der Waals surface area contributed by atoms with Crippen molar-refractivity contribution in [2.45, 2.75) is 12.5 Å². The van der Waals surface area contributed by atoms with Gasteiger partial charge in [-0.15, -0.1) is 0 Å². The van der Waals surface area contributed by atoms with Gasteiger partial charge >= 0.3 is 0 Å². The van der Waals surface area contributed by atoms with Crippen molar-refractivity contribution in [3.05, 3.63) is 57.8 Å². The summed E-state index contributed by atoms with van der Waals surface area (Å²) in [6, 6.07) is 10.7. The van der Waals surface area contributed by atoms with Gasteiger partial charge in [0.1, 0.15) is 5.82 Å². The summed E-state index contributed by atoms with van der Waals surface area (Å²) in [5.41, 5.74) is 2.14. The monoisotopic (exact) mass is 422 g/mol. The minimum Gasteiger partial charge on any atom is -0.493 e. The molecule has 26 heavy (non-hydrogen) atoms. The first-order valence-corrected chi connectivity index (χ1v) is 9.55. The van der Waals surface area contributed by atoms with Crippen LogP contribution in [0.3, 0.4) is 0 Å². The predicted octanol–water partition coefficient (Wildman–Crippen LogP) is 3.99. The zero-order chi connectivity index (χ0) is 18.5. The number of methoxy groups -OCH3 is 2. The van der Waals surface area contributed by atoms with Crippen molar-refractivity contribution in [3.8, 4) is 11.5 Å². The van der Waals surface area contributed by atoms with Crippen LogP contribution in [0.1, 0.15) is 23.6 Å². The second kappa shape index (κ2) is 8.84. The SMILES string of the molecule is COc1cc(Br)c(C(c2ccc(F)cc2)N2CCCNCC2)cc1OC. The van der Waals surface area contributed by atoms with Gasteiger partial charge in [-0.3, -0.25) is 4.90 Å². The molecule has 1 saturated heterocycles. The Morgan fingerprint density at radius 2 is 1.73 bits per heavy atom. The number of nitrogens with one attached hydrogen (secondary N) is 1. The number of halogens is 2. The van der Waals surface area contributed by atoms with Crippen molar-refractivity contribution in [3.63, 3.8) is 0 Å². The summed E-state index contributed by atoms with van der Waals surface area (Å²) in [6.07, 6.45) is 1.07. The summed E-state index contributed by atoms with van der Waals surface area (Å²) < 4.78 is 25.4. The second-order valence-electron chi connectivity index (χ2n) is 6.32.